The summed E-state index contributed by atoms with van der Waals surface area (Å²) in [5.74, 6) is -0.872. The molecule has 3 aromatic rings. The third kappa shape index (κ3) is 4.12. The van der Waals surface area contributed by atoms with Crippen molar-refractivity contribution in [3.63, 3.8) is 0 Å². The van der Waals surface area contributed by atoms with Gasteiger partial charge in [-0.3, -0.25) is 14.0 Å². The number of esters is 1. The number of fused-ring (bicyclic) bond motifs is 1. The Morgan fingerprint density at radius 2 is 2.17 bits per heavy atom. The van der Waals surface area contributed by atoms with Crippen molar-refractivity contribution in [1.82, 2.24) is 14.7 Å². The second kappa shape index (κ2) is 7.46. The number of amides is 1. The minimum atomic E-state index is -0.492. The largest absolute Gasteiger partial charge is 0.455 e. The first kappa shape index (κ1) is 16.5. The van der Waals surface area contributed by atoms with E-state index in [1.54, 1.807) is 12.3 Å². The Labute approximate surface area is 147 Å². The molecule has 0 fully saturated rings. The molecule has 0 radical (unpaired) electrons. The highest BCUT2D eigenvalue weighted by Crippen LogP contribution is 2.14. The molecule has 2 aromatic heterocycles. The molecule has 1 amide bonds. The van der Waals surface area contributed by atoms with E-state index in [9.17, 15) is 9.59 Å². The zero-order valence-corrected chi connectivity index (χ0v) is 14.1. The number of hydrogen-bond donors (Lipinski definition) is 1. The molecule has 124 valence electrons. The van der Waals surface area contributed by atoms with E-state index in [2.05, 4.69) is 10.3 Å². The molecule has 0 aliphatic rings. The van der Waals surface area contributed by atoms with Crippen LogP contribution >= 0.6 is 22.9 Å². The molecule has 0 bridgehead atoms. The van der Waals surface area contributed by atoms with Gasteiger partial charge >= 0.3 is 5.97 Å². The van der Waals surface area contributed by atoms with Gasteiger partial charge in [0.05, 0.1) is 12.1 Å². The Morgan fingerprint density at radius 3 is 2.96 bits per heavy atom. The minimum absolute atomic E-state index is 0.0339. The van der Waals surface area contributed by atoms with Crippen molar-refractivity contribution in [3.8, 4) is 0 Å². The highest BCUT2D eigenvalue weighted by Gasteiger charge is 2.12. The van der Waals surface area contributed by atoms with Crippen LogP contribution in [-0.4, -0.2) is 27.9 Å². The fraction of sp³-hybridized carbons (Fsp3) is 0.188. The zero-order chi connectivity index (χ0) is 16.9. The van der Waals surface area contributed by atoms with Crippen molar-refractivity contribution in [2.45, 2.75) is 13.0 Å². The molecule has 0 atom stereocenters. The van der Waals surface area contributed by atoms with Crippen molar-refractivity contribution < 1.29 is 14.3 Å². The summed E-state index contributed by atoms with van der Waals surface area (Å²) in [7, 11) is 0. The molecule has 0 aliphatic heterocycles. The predicted molar refractivity (Wildman–Crippen MR) is 91.0 cm³/mol. The summed E-state index contributed by atoms with van der Waals surface area (Å²) in [6.45, 7) is -0.0428. The molecule has 24 heavy (non-hydrogen) atoms. The van der Waals surface area contributed by atoms with E-state index < -0.39 is 5.97 Å². The van der Waals surface area contributed by atoms with Crippen LogP contribution in [-0.2, 0) is 27.3 Å². The summed E-state index contributed by atoms with van der Waals surface area (Å²) in [5, 5.41) is 5.15. The first-order valence-electron chi connectivity index (χ1n) is 7.18. The van der Waals surface area contributed by atoms with Gasteiger partial charge in [-0.2, -0.15) is 0 Å². The molecule has 1 aromatic carbocycles. The number of rotatable bonds is 6. The maximum absolute atomic E-state index is 11.8. The number of carbonyl (C=O) groups excluding carboxylic acids is 2. The Kier molecular flexibility index (Phi) is 5.12. The van der Waals surface area contributed by atoms with Gasteiger partial charge in [0.2, 0.25) is 0 Å². The quantitative estimate of drug-likeness (QED) is 0.683. The predicted octanol–water partition coefficient (Wildman–Crippen LogP) is 2.45. The lowest BCUT2D eigenvalue weighted by molar-refractivity contribution is -0.147. The van der Waals surface area contributed by atoms with Crippen molar-refractivity contribution in [2.24, 2.45) is 0 Å². The second-order valence-electron chi connectivity index (χ2n) is 5.03. The van der Waals surface area contributed by atoms with Gasteiger partial charge in [0.1, 0.15) is 0 Å². The number of carbonyl (C=O) groups is 2. The van der Waals surface area contributed by atoms with E-state index in [0.29, 0.717) is 10.7 Å². The van der Waals surface area contributed by atoms with Gasteiger partial charge in [0, 0.05) is 29.3 Å². The number of thiazole rings is 1. The van der Waals surface area contributed by atoms with Gasteiger partial charge in [-0.15, -0.1) is 11.3 Å². The van der Waals surface area contributed by atoms with Crippen LogP contribution in [0.4, 0.5) is 0 Å². The topological polar surface area (TPSA) is 72.7 Å². The molecule has 2 heterocycles. The number of hydrogen-bond acceptors (Lipinski definition) is 5. The minimum Gasteiger partial charge on any atom is -0.455 e. The molecular formula is C16H14ClN3O3S. The summed E-state index contributed by atoms with van der Waals surface area (Å²) in [6, 6.07) is 7.22. The van der Waals surface area contributed by atoms with Crippen LogP contribution in [0.15, 0.2) is 42.0 Å². The number of nitrogens with one attached hydrogen (secondary N) is 1. The molecule has 6 nitrogen and oxygen atoms in total. The third-order valence-corrected chi connectivity index (χ3v) is 4.41. The van der Waals surface area contributed by atoms with Gasteiger partial charge < -0.3 is 10.1 Å². The summed E-state index contributed by atoms with van der Waals surface area (Å²) in [4.78, 5) is 28.6. The van der Waals surface area contributed by atoms with Gasteiger partial charge in [-0.1, -0.05) is 29.8 Å². The van der Waals surface area contributed by atoms with Crippen molar-refractivity contribution in [2.75, 3.05) is 6.61 Å². The summed E-state index contributed by atoms with van der Waals surface area (Å²) >= 11 is 7.49. The van der Waals surface area contributed by atoms with Gasteiger partial charge in [0.25, 0.3) is 5.91 Å². The summed E-state index contributed by atoms with van der Waals surface area (Å²) in [5.41, 5.74) is 1.42. The van der Waals surface area contributed by atoms with Crippen molar-refractivity contribution >= 4 is 39.8 Å². The summed E-state index contributed by atoms with van der Waals surface area (Å²) in [6.07, 6.45) is 3.67. The van der Waals surface area contributed by atoms with Gasteiger partial charge in [-0.25, -0.2) is 4.98 Å². The van der Waals surface area contributed by atoms with E-state index in [1.165, 1.54) is 11.3 Å². The third-order valence-electron chi connectivity index (χ3n) is 3.27. The van der Waals surface area contributed by atoms with Crippen LogP contribution in [0.5, 0.6) is 0 Å². The Bertz CT molecular complexity index is 846. The van der Waals surface area contributed by atoms with Crippen LogP contribution in [0, 0.1) is 0 Å². The molecule has 0 spiro atoms. The number of nitrogens with zero attached hydrogens (tertiary/aromatic N) is 2. The average Bonchev–Trinajstić information content (AvgIpc) is 3.13. The van der Waals surface area contributed by atoms with E-state index in [-0.39, 0.29) is 25.5 Å². The lowest BCUT2D eigenvalue weighted by Crippen LogP contribution is -2.28. The number of imidazole rings is 1. The number of halogens is 1. The highest BCUT2D eigenvalue weighted by molar-refractivity contribution is 7.15. The van der Waals surface area contributed by atoms with Gasteiger partial charge in [0.15, 0.2) is 11.6 Å². The van der Waals surface area contributed by atoms with Crippen molar-refractivity contribution in [3.05, 3.63) is 58.3 Å². The van der Waals surface area contributed by atoms with Crippen LogP contribution in [0.3, 0.4) is 0 Å². The smallest absolute Gasteiger partial charge is 0.312 e. The maximum Gasteiger partial charge on any atom is 0.312 e. The fourth-order valence-electron chi connectivity index (χ4n) is 2.09. The van der Waals surface area contributed by atoms with E-state index >= 15 is 0 Å². The Morgan fingerprint density at radius 1 is 1.33 bits per heavy atom. The maximum atomic E-state index is 11.8. The molecular weight excluding hydrogens is 350 g/mol. The average molecular weight is 364 g/mol. The molecule has 1 N–H and O–H groups in total. The molecule has 0 saturated heterocycles. The number of aromatic nitrogens is 2. The van der Waals surface area contributed by atoms with Crippen molar-refractivity contribution in [1.29, 1.82) is 0 Å². The monoisotopic (exact) mass is 363 g/mol. The SMILES string of the molecule is O=C(COC(=O)Cc1cn2ccsc2n1)NCc1ccccc1Cl. The number of benzene rings is 1. The van der Waals surface area contributed by atoms with Crippen LogP contribution in [0.25, 0.3) is 4.96 Å². The summed E-state index contributed by atoms with van der Waals surface area (Å²) < 4.78 is 6.81. The molecule has 3 rings (SSSR count). The van der Waals surface area contributed by atoms with Crippen LogP contribution in [0.1, 0.15) is 11.3 Å². The van der Waals surface area contributed by atoms with Crippen LogP contribution < -0.4 is 5.32 Å². The fourth-order valence-corrected chi connectivity index (χ4v) is 3.01. The first-order chi connectivity index (χ1) is 11.6. The Balaban J connectivity index is 1.43. The molecule has 0 saturated carbocycles. The van der Waals surface area contributed by atoms with E-state index in [1.807, 2.05) is 34.2 Å². The lowest BCUT2D eigenvalue weighted by Gasteiger charge is -2.07. The molecule has 0 unspecified atom stereocenters. The Hall–Kier alpha value is -2.38. The van der Waals surface area contributed by atoms with Gasteiger partial charge in [-0.05, 0) is 11.6 Å². The highest BCUT2D eigenvalue weighted by atomic mass is 35.5. The standard InChI is InChI=1S/C16H14ClN3O3S/c17-13-4-2-1-3-11(13)8-18-14(21)10-23-15(22)7-12-9-20-5-6-24-16(20)19-12/h1-6,9H,7-8,10H2,(H,18,21). The lowest BCUT2D eigenvalue weighted by atomic mass is 10.2. The normalized spacial score (nSPS) is 10.7. The van der Waals surface area contributed by atoms with Crippen LogP contribution in [0.2, 0.25) is 5.02 Å². The zero-order valence-electron chi connectivity index (χ0n) is 12.6. The number of ether oxygens (including phenoxy) is 1. The molecule has 8 heteroatoms. The molecule has 0 aliphatic carbocycles. The van der Waals surface area contributed by atoms with E-state index in [0.717, 1.165) is 10.5 Å². The van der Waals surface area contributed by atoms with E-state index in [4.69, 9.17) is 16.3 Å². The second-order valence-corrected chi connectivity index (χ2v) is 6.31. The first-order valence-corrected chi connectivity index (χ1v) is 8.44.